The Hall–Kier alpha value is -2.04. The number of ether oxygens (including phenoxy) is 1. The van der Waals surface area contributed by atoms with Crippen LogP contribution < -0.4 is 10.1 Å². The Morgan fingerprint density at radius 2 is 2.10 bits per heavy atom. The van der Waals surface area contributed by atoms with Crippen molar-refractivity contribution in [3.63, 3.8) is 0 Å². The molecule has 1 aliphatic rings. The van der Waals surface area contributed by atoms with E-state index in [2.05, 4.69) is 23.4 Å². The van der Waals surface area contributed by atoms with Crippen LogP contribution in [0.1, 0.15) is 35.4 Å². The third-order valence-electron chi connectivity index (χ3n) is 4.03. The van der Waals surface area contributed by atoms with E-state index in [0.717, 1.165) is 36.8 Å². The Morgan fingerprint density at radius 1 is 1.29 bits per heavy atom. The molecular weight excluding hydrogens is 264 g/mol. The number of nitrogens with zero attached hydrogens (tertiary/aromatic N) is 3. The zero-order valence-electron chi connectivity index (χ0n) is 12.9. The quantitative estimate of drug-likeness (QED) is 0.938. The van der Waals surface area contributed by atoms with E-state index in [0.29, 0.717) is 0 Å². The molecular formula is C16H22N4O. The maximum atomic E-state index is 5.24. The second kappa shape index (κ2) is 5.76. The van der Waals surface area contributed by atoms with Crippen molar-refractivity contribution in [1.29, 1.82) is 0 Å². The molecule has 0 spiro atoms. The smallest absolute Gasteiger partial charge is 0.213 e. The fraction of sp³-hybridized carbons (Fsp3) is 0.500. The Bertz CT molecular complexity index is 648. The van der Waals surface area contributed by atoms with Gasteiger partial charge in [0.05, 0.1) is 7.11 Å². The third kappa shape index (κ3) is 2.86. The zero-order valence-corrected chi connectivity index (χ0v) is 12.9. The first kappa shape index (κ1) is 13.9. The van der Waals surface area contributed by atoms with Gasteiger partial charge in [-0.05, 0) is 49.8 Å². The van der Waals surface area contributed by atoms with Crippen LogP contribution in [0.2, 0.25) is 0 Å². The molecule has 2 aromatic heterocycles. The Kier molecular flexibility index (Phi) is 3.82. The second-order valence-corrected chi connectivity index (χ2v) is 5.60. The van der Waals surface area contributed by atoms with E-state index in [1.807, 2.05) is 13.1 Å². The molecule has 21 heavy (non-hydrogen) atoms. The number of nitrogens with one attached hydrogen (secondary N) is 1. The van der Waals surface area contributed by atoms with Crippen molar-refractivity contribution in [2.75, 3.05) is 12.4 Å². The molecule has 2 heterocycles. The second-order valence-electron chi connectivity index (χ2n) is 5.60. The van der Waals surface area contributed by atoms with Gasteiger partial charge in [-0.15, -0.1) is 0 Å². The number of fused-ring (bicyclic) bond motifs is 1. The van der Waals surface area contributed by atoms with Crippen molar-refractivity contribution < 1.29 is 4.74 Å². The highest BCUT2D eigenvalue weighted by Crippen LogP contribution is 2.25. The molecule has 5 heteroatoms. The van der Waals surface area contributed by atoms with Gasteiger partial charge in [-0.2, -0.15) is 5.10 Å². The third-order valence-corrected chi connectivity index (χ3v) is 4.03. The molecule has 0 bridgehead atoms. The van der Waals surface area contributed by atoms with Crippen LogP contribution in [0.5, 0.6) is 5.88 Å². The number of anilines is 1. The van der Waals surface area contributed by atoms with Crippen molar-refractivity contribution in [2.24, 2.45) is 7.05 Å². The average Bonchev–Trinajstić information content (AvgIpc) is 2.84. The van der Waals surface area contributed by atoms with Crippen molar-refractivity contribution in [3.8, 4) is 5.88 Å². The van der Waals surface area contributed by atoms with Crippen molar-refractivity contribution in [3.05, 3.63) is 34.6 Å². The van der Waals surface area contributed by atoms with E-state index in [1.54, 1.807) is 11.8 Å². The van der Waals surface area contributed by atoms with Gasteiger partial charge in [-0.1, -0.05) is 0 Å². The van der Waals surface area contributed by atoms with E-state index in [1.165, 1.54) is 29.7 Å². The number of pyridine rings is 1. The lowest BCUT2D eigenvalue weighted by Crippen LogP contribution is -2.12. The van der Waals surface area contributed by atoms with Crippen LogP contribution in [0, 0.1) is 6.92 Å². The molecule has 112 valence electrons. The number of aromatic nitrogens is 3. The molecule has 0 fully saturated rings. The molecule has 3 rings (SSSR count). The molecule has 2 aromatic rings. The van der Waals surface area contributed by atoms with Crippen LogP contribution in [0.4, 0.5) is 5.82 Å². The maximum absolute atomic E-state index is 5.24. The van der Waals surface area contributed by atoms with E-state index in [4.69, 9.17) is 9.72 Å². The lowest BCUT2D eigenvalue weighted by Gasteiger charge is -2.19. The predicted octanol–water partition coefficient (Wildman–Crippen LogP) is 2.62. The summed E-state index contributed by atoms with van der Waals surface area (Å²) < 4.78 is 6.97. The summed E-state index contributed by atoms with van der Waals surface area (Å²) in [5.74, 6) is 1.60. The van der Waals surface area contributed by atoms with E-state index in [-0.39, 0.29) is 0 Å². The van der Waals surface area contributed by atoms with E-state index >= 15 is 0 Å². The predicted molar refractivity (Wildman–Crippen MR) is 82.7 cm³/mol. The number of hydrogen-bond acceptors (Lipinski definition) is 4. The van der Waals surface area contributed by atoms with Gasteiger partial charge in [-0.3, -0.25) is 4.98 Å². The molecule has 0 unspecified atom stereocenters. The van der Waals surface area contributed by atoms with Gasteiger partial charge in [0.2, 0.25) is 5.88 Å². The van der Waals surface area contributed by atoms with Crippen LogP contribution in [-0.2, 0) is 26.4 Å². The molecule has 0 atom stereocenters. The van der Waals surface area contributed by atoms with Crippen LogP contribution >= 0.6 is 0 Å². The van der Waals surface area contributed by atoms with E-state index < -0.39 is 0 Å². The van der Waals surface area contributed by atoms with Gasteiger partial charge in [0.15, 0.2) is 5.82 Å². The van der Waals surface area contributed by atoms with Gasteiger partial charge >= 0.3 is 0 Å². The molecule has 0 radical (unpaired) electrons. The first-order chi connectivity index (χ1) is 10.2. The minimum Gasteiger partial charge on any atom is -0.481 e. The minimum atomic E-state index is 0.755. The summed E-state index contributed by atoms with van der Waals surface area (Å²) in [5, 5.41) is 7.79. The Morgan fingerprint density at radius 3 is 2.86 bits per heavy atom. The highest BCUT2D eigenvalue weighted by molar-refractivity contribution is 5.42. The maximum Gasteiger partial charge on any atom is 0.213 e. The summed E-state index contributed by atoms with van der Waals surface area (Å²) in [4.78, 5) is 4.69. The Labute approximate surface area is 125 Å². The van der Waals surface area contributed by atoms with Gasteiger partial charge < -0.3 is 10.1 Å². The summed E-state index contributed by atoms with van der Waals surface area (Å²) >= 11 is 0. The minimum absolute atomic E-state index is 0.755. The molecule has 0 saturated heterocycles. The SMILES string of the molecule is COc1cc(NCc2cc(C)nc3c2CCCC3)nn1C. The number of hydrogen-bond donors (Lipinski definition) is 1. The van der Waals surface area contributed by atoms with Crippen LogP contribution in [-0.4, -0.2) is 21.9 Å². The topological polar surface area (TPSA) is 52.0 Å². The summed E-state index contributed by atoms with van der Waals surface area (Å²) in [6.07, 6.45) is 4.78. The van der Waals surface area contributed by atoms with Crippen molar-refractivity contribution in [2.45, 2.75) is 39.2 Å². The molecule has 0 saturated carbocycles. The highest BCUT2D eigenvalue weighted by atomic mass is 16.5. The summed E-state index contributed by atoms with van der Waals surface area (Å²) in [5.41, 5.74) is 5.17. The summed E-state index contributed by atoms with van der Waals surface area (Å²) in [6.45, 7) is 2.86. The van der Waals surface area contributed by atoms with Gasteiger partial charge in [0.25, 0.3) is 0 Å². The number of methoxy groups -OCH3 is 1. The van der Waals surface area contributed by atoms with Crippen LogP contribution in [0.25, 0.3) is 0 Å². The number of aryl methyl sites for hydroxylation is 3. The van der Waals surface area contributed by atoms with Crippen molar-refractivity contribution in [1.82, 2.24) is 14.8 Å². The normalized spacial score (nSPS) is 13.9. The fourth-order valence-corrected chi connectivity index (χ4v) is 3.01. The van der Waals surface area contributed by atoms with Gasteiger partial charge in [0, 0.05) is 31.0 Å². The highest BCUT2D eigenvalue weighted by Gasteiger charge is 2.15. The summed E-state index contributed by atoms with van der Waals surface area (Å²) in [7, 11) is 3.53. The summed E-state index contributed by atoms with van der Waals surface area (Å²) in [6, 6.07) is 4.11. The first-order valence-corrected chi connectivity index (χ1v) is 7.47. The van der Waals surface area contributed by atoms with Crippen LogP contribution in [0.3, 0.4) is 0 Å². The standard InChI is InChI=1S/C16H22N4O/c1-11-8-12(13-6-4-5-7-14(13)18-11)10-17-15-9-16(21-3)20(2)19-15/h8-9H,4-7,10H2,1-3H3,(H,17,19). The fourth-order valence-electron chi connectivity index (χ4n) is 3.01. The molecule has 1 N–H and O–H groups in total. The van der Waals surface area contributed by atoms with Gasteiger partial charge in [0.1, 0.15) is 0 Å². The largest absolute Gasteiger partial charge is 0.481 e. The Balaban J connectivity index is 1.79. The molecule has 1 aliphatic carbocycles. The average molecular weight is 286 g/mol. The van der Waals surface area contributed by atoms with E-state index in [9.17, 15) is 0 Å². The zero-order chi connectivity index (χ0) is 14.8. The molecule has 0 amide bonds. The number of rotatable bonds is 4. The lowest BCUT2D eigenvalue weighted by atomic mass is 9.91. The first-order valence-electron chi connectivity index (χ1n) is 7.47. The molecule has 5 nitrogen and oxygen atoms in total. The lowest BCUT2D eigenvalue weighted by molar-refractivity contribution is 0.373. The molecule has 0 aromatic carbocycles. The molecule has 0 aliphatic heterocycles. The monoisotopic (exact) mass is 286 g/mol. The van der Waals surface area contributed by atoms with Crippen molar-refractivity contribution >= 4 is 5.82 Å². The van der Waals surface area contributed by atoms with Gasteiger partial charge in [-0.25, -0.2) is 4.68 Å². The van der Waals surface area contributed by atoms with Crippen LogP contribution in [0.15, 0.2) is 12.1 Å².